The molecule has 0 aromatic rings. The number of halogens is 1. The highest BCUT2D eigenvalue weighted by Crippen LogP contribution is 1.97. The van der Waals surface area contributed by atoms with Gasteiger partial charge in [-0.2, -0.15) is 0 Å². The molecule has 0 saturated carbocycles. The highest BCUT2D eigenvalue weighted by molar-refractivity contribution is 14.0. The van der Waals surface area contributed by atoms with Crippen LogP contribution < -0.4 is 11.1 Å². The van der Waals surface area contributed by atoms with E-state index in [1.807, 2.05) is 0 Å². The summed E-state index contributed by atoms with van der Waals surface area (Å²) in [4.78, 5) is 6.38. The fraction of sp³-hybridized carbons (Fsp3) is 0.900. The molecule has 0 atom stereocenters. The van der Waals surface area contributed by atoms with E-state index < -0.39 is 0 Å². The molecule has 0 saturated heterocycles. The van der Waals surface area contributed by atoms with Crippen LogP contribution in [0.15, 0.2) is 4.99 Å². The molecule has 92 valence electrons. The van der Waals surface area contributed by atoms with Crippen LogP contribution in [-0.4, -0.2) is 43.6 Å². The second-order valence-corrected chi connectivity index (χ2v) is 4.80. The van der Waals surface area contributed by atoms with E-state index in [-0.39, 0.29) is 29.5 Å². The molecule has 0 unspecified atom stereocenters. The van der Waals surface area contributed by atoms with Gasteiger partial charge in [-0.15, -0.1) is 24.0 Å². The Labute approximate surface area is 111 Å². The van der Waals surface area contributed by atoms with Gasteiger partial charge in [0.25, 0.3) is 0 Å². The first-order valence-corrected chi connectivity index (χ1v) is 5.04. The molecular formula is C10H25IN4. The van der Waals surface area contributed by atoms with Gasteiger partial charge >= 0.3 is 0 Å². The Hall–Kier alpha value is -0.0400. The van der Waals surface area contributed by atoms with Gasteiger partial charge in [-0.25, -0.2) is 0 Å². The molecule has 0 fully saturated rings. The maximum Gasteiger partial charge on any atom is 0.188 e. The van der Waals surface area contributed by atoms with Crippen LogP contribution in [-0.2, 0) is 0 Å². The lowest BCUT2D eigenvalue weighted by atomic mass is 10.1. The van der Waals surface area contributed by atoms with Gasteiger partial charge in [0.2, 0.25) is 0 Å². The molecule has 0 bridgehead atoms. The third-order valence-electron chi connectivity index (χ3n) is 1.55. The van der Waals surface area contributed by atoms with Crippen molar-refractivity contribution < 1.29 is 0 Å². The molecule has 4 nitrogen and oxygen atoms in total. The Balaban J connectivity index is 0. The Morgan fingerprint density at radius 1 is 1.33 bits per heavy atom. The average Bonchev–Trinajstić information content (AvgIpc) is 1.94. The minimum absolute atomic E-state index is 0. The van der Waals surface area contributed by atoms with E-state index in [9.17, 15) is 0 Å². The molecule has 0 heterocycles. The van der Waals surface area contributed by atoms with Crippen LogP contribution in [0.3, 0.4) is 0 Å². The molecule has 5 heteroatoms. The summed E-state index contributed by atoms with van der Waals surface area (Å²) in [6.45, 7) is 8.03. The fourth-order valence-electron chi connectivity index (χ4n) is 1.01. The van der Waals surface area contributed by atoms with Crippen LogP contribution >= 0.6 is 24.0 Å². The standard InChI is InChI=1S/C10H24N4.HI/c1-10(2,3)13-9(11)12-7-6-8-14(4)5;/h6-8H2,1-5H3,(H3,11,12,13);1H. The van der Waals surface area contributed by atoms with Gasteiger partial charge in [0.1, 0.15) is 0 Å². The molecule has 0 radical (unpaired) electrons. The molecule has 0 aliphatic rings. The maximum atomic E-state index is 5.70. The number of aliphatic imine (C=N–C) groups is 1. The Kier molecular flexibility index (Phi) is 9.43. The summed E-state index contributed by atoms with van der Waals surface area (Å²) in [5.74, 6) is 0.538. The highest BCUT2D eigenvalue weighted by Gasteiger charge is 2.09. The van der Waals surface area contributed by atoms with Crippen molar-refractivity contribution in [3.05, 3.63) is 0 Å². The number of hydrogen-bond donors (Lipinski definition) is 2. The van der Waals surface area contributed by atoms with E-state index in [1.165, 1.54) is 0 Å². The first-order valence-electron chi connectivity index (χ1n) is 5.04. The molecular weight excluding hydrogens is 303 g/mol. The van der Waals surface area contributed by atoms with Gasteiger partial charge in [-0.1, -0.05) is 0 Å². The van der Waals surface area contributed by atoms with Gasteiger partial charge in [0, 0.05) is 12.1 Å². The first-order chi connectivity index (χ1) is 6.31. The molecule has 0 spiro atoms. The van der Waals surface area contributed by atoms with Gasteiger partial charge in [-0.3, -0.25) is 4.99 Å². The molecule has 0 aromatic heterocycles. The van der Waals surface area contributed by atoms with Crippen molar-refractivity contribution in [3.63, 3.8) is 0 Å². The number of nitrogens with one attached hydrogen (secondary N) is 1. The summed E-state index contributed by atoms with van der Waals surface area (Å²) in [5.41, 5.74) is 5.70. The van der Waals surface area contributed by atoms with Crippen LogP contribution in [0.25, 0.3) is 0 Å². The van der Waals surface area contributed by atoms with Crippen LogP contribution in [0.2, 0.25) is 0 Å². The molecule has 15 heavy (non-hydrogen) atoms. The average molecular weight is 328 g/mol. The second kappa shape index (κ2) is 8.15. The zero-order valence-corrected chi connectivity index (χ0v) is 12.8. The van der Waals surface area contributed by atoms with Crippen LogP contribution in [0.1, 0.15) is 27.2 Å². The van der Waals surface area contributed by atoms with E-state index in [0.29, 0.717) is 5.96 Å². The number of rotatable bonds is 4. The number of nitrogens with two attached hydrogens (primary N) is 1. The van der Waals surface area contributed by atoms with Gasteiger partial charge < -0.3 is 16.0 Å². The molecule has 0 aliphatic heterocycles. The van der Waals surface area contributed by atoms with E-state index in [1.54, 1.807) is 0 Å². The Morgan fingerprint density at radius 2 is 1.87 bits per heavy atom. The topological polar surface area (TPSA) is 53.6 Å². The van der Waals surface area contributed by atoms with Gasteiger partial charge in [-0.05, 0) is 47.8 Å². The fourth-order valence-corrected chi connectivity index (χ4v) is 1.01. The van der Waals surface area contributed by atoms with Crippen LogP contribution in [0, 0.1) is 0 Å². The summed E-state index contributed by atoms with van der Waals surface area (Å²) in [7, 11) is 4.11. The summed E-state index contributed by atoms with van der Waals surface area (Å²) in [5, 5.41) is 3.12. The lowest BCUT2D eigenvalue weighted by molar-refractivity contribution is 0.403. The van der Waals surface area contributed by atoms with E-state index in [2.05, 4.69) is 50.1 Å². The first kappa shape index (κ1) is 17.4. The molecule has 0 aliphatic carbocycles. The number of nitrogens with zero attached hydrogens (tertiary/aromatic N) is 2. The number of hydrogen-bond acceptors (Lipinski definition) is 2. The third kappa shape index (κ3) is 14.0. The Bertz CT molecular complexity index is 184. The third-order valence-corrected chi connectivity index (χ3v) is 1.55. The van der Waals surface area contributed by atoms with E-state index in [4.69, 9.17) is 5.73 Å². The predicted octanol–water partition coefficient (Wildman–Crippen LogP) is 1.26. The van der Waals surface area contributed by atoms with Crippen LogP contribution in [0.5, 0.6) is 0 Å². The molecule has 3 N–H and O–H groups in total. The molecule has 0 aromatic carbocycles. The smallest absolute Gasteiger partial charge is 0.188 e. The van der Waals surface area contributed by atoms with Gasteiger partial charge in [0.15, 0.2) is 5.96 Å². The quantitative estimate of drug-likeness (QED) is 0.354. The molecule has 0 rings (SSSR count). The second-order valence-electron chi connectivity index (χ2n) is 4.80. The lowest BCUT2D eigenvalue weighted by Gasteiger charge is -2.21. The SMILES string of the molecule is CN(C)CCCN=C(N)NC(C)(C)C.I. The zero-order valence-electron chi connectivity index (χ0n) is 10.5. The minimum atomic E-state index is -0.00483. The monoisotopic (exact) mass is 328 g/mol. The van der Waals surface area contributed by atoms with Crippen molar-refractivity contribution in [2.45, 2.75) is 32.7 Å². The maximum absolute atomic E-state index is 5.70. The van der Waals surface area contributed by atoms with Crippen molar-refractivity contribution in [3.8, 4) is 0 Å². The summed E-state index contributed by atoms with van der Waals surface area (Å²) in [6, 6.07) is 0. The zero-order chi connectivity index (χ0) is 11.2. The summed E-state index contributed by atoms with van der Waals surface area (Å²) in [6.07, 6.45) is 1.04. The minimum Gasteiger partial charge on any atom is -0.370 e. The molecule has 0 amide bonds. The lowest BCUT2D eigenvalue weighted by Crippen LogP contribution is -2.45. The normalized spacial score (nSPS) is 12.5. The van der Waals surface area contributed by atoms with Crippen molar-refractivity contribution in [1.29, 1.82) is 0 Å². The highest BCUT2D eigenvalue weighted by atomic mass is 127. The summed E-state index contributed by atoms with van der Waals surface area (Å²) < 4.78 is 0. The van der Waals surface area contributed by atoms with Crippen molar-refractivity contribution in [1.82, 2.24) is 10.2 Å². The number of guanidine groups is 1. The predicted molar refractivity (Wildman–Crippen MR) is 78.0 cm³/mol. The van der Waals surface area contributed by atoms with Crippen LogP contribution in [0.4, 0.5) is 0 Å². The van der Waals surface area contributed by atoms with Gasteiger partial charge in [0.05, 0.1) is 0 Å². The van der Waals surface area contributed by atoms with Crippen molar-refractivity contribution >= 4 is 29.9 Å². The summed E-state index contributed by atoms with van der Waals surface area (Å²) >= 11 is 0. The van der Waals surface area contributed by atoms with Crippen molar-refractivity contribution in [2.24, 2.45) is 10.7 Å². The van der Waals surface area contributed by atoms with Crippen molar-refractivity contribution in [2.75, 3.05) is 27.2 Å². The van der Waals surface area contributed by atoms with E-state index >= 15 is 0 Å². The largest absolute Gasteiger partial charge is 0.370 e. The van der Waals surface area contributed by atoms with E-state index in [0.717, 1.165) is 19.5 Å². The Morgan fingerprint density at radius 3 is 2.27 bits per heavy atom.